The van der Waals surface area contributed by atoms with Gasteiger partial charge >= 0.3 is 5.97 Å². The minimum absolute atomic E-state index is 0.362. The average molecular weight is 362 g/mol. The number of benzene rings is 2. The molecule has 6 heteroatoms. The third kappa shape index (κ3) is 4.61. The van der Waals surface area contributed by atoms with Crippen LogP contribution in [0.5, 0.6) is 0 Å². The molecule has 0 atom stereocenters. The van der Waals surface area contributed by atoms with E-state index in [0.29, 0.717) is 23.0 Å². The Morgan fingerprint density at radius 3 is 2.22 bits per heavy atom. The van der Waals surface area contributed by atoms with Crippen molar-refractivity contribution in [1.29, 1.82) is 0 Å². The highest BCUT2D eigenvalue weighted by atomic mass is 16.5. The first-order chi connectivity index (χ1) is 12.9. The molecule has 0 fully saturated rings. The highest BCUT2D eigenvalue weighted by Crippen LogP contribution is 2.23. The molecule has 3 aromatic rings. The summed E-state index contributed by atoms with van der Waals surface area (Å²) in [6.45, 7) is 5.96. The van der Waals surface area contributed by atoms with Crippen LogP contribution in [0, 0.1) is 20.8 Å². The van der Waals surface area contributed by atoms with Crippen molar-refractivity contribution in [2.24, 2.45) is 0 Å². The van der Waals surface area contributed by atoms with Crippen LogP contribution in [0.3, 0.4) is 0 Å². The van der Waals surface area contributed by atoms with Gasteiger partial charge in [-0.25, -0.2) is 14.8 Å². The zero-order chi connectivity index (χ0) is 19.4. The Kier molecular flexibility index (Phi) is 5.35. The molecular weight excluding hydrogens is 340 g/mol. The second-order valence-corrected chi connectivity index (χ2v) is 6.32. The van der Waals surface area contributed by atoms with E-state index in [9.17, 15) is 4.79 Å². The standard InChI is InChI=1S/C21H22N4O2/c1-13-5-6-14(2)18(11-13)25-20-12-19(22-15(3)23-20)24-17-9-7-16(8-10-17)21(26)27-4/h5-12H,1-4H3,(H2,22,23,24,25). The Morgan fingerprint density at radius 1 is 0.889 bits per heavy atom. The quantitative estimate of drug-likeness (QED) is 0.642. The van der Waals surface area contributed by atoms with E-state index in [0.717, 1.165) is 16.9 Å². The molecule has 0 amide bonds. The van der Waals surface area contributed by atoms with Crippen LogP contribution >= 0.6 is 0 Å². The summed E-state index contributed by atoms with van der Waals surface area (Å²) >= 11 is 0. The molecule has 2 aromatic carbocycles. The van der Waals surface area contributed by atoms with E-state index in [1.165, 1.54) is 12.7 Å². The lowest BCUT2D eigenvalue weighted by Crippen LogP contribution is -2.03. The number of rotatable bonds is 5. The molecular formula is C21H22N4O2. The molecule has 3 rings (SSSR count). The molecule has 138 valence electrons. The fourth-order valence-corrected chi connectivity index (χ4v) is 2.66. The molecule has 0 spiro atoms. The fraction of sp³-hybridized carbons (Fsp3) is 0.190. The van der Waals surface area contributed by atoms with Crippen molar-refractivity contribution < 1.29 is 9.53 Å². The van der Waals surface area contributed by atoms with E-state index in [-0.39, 0.29) is 5.97 Å². The van der Waals surface area contributed by atoms with Gasteiger partial charge in [0.05, 0.1) is 12.7 Å². The van der Waals surface area contributed by atoms with Crippen LogP contribution < -0.4 is 10.6 Å². The second-order valence-electron chi connectivity index (χ2n) is 6.32. The number of methoxy groups -OCH3 is 1. The van der Waals surface area contributed by atoms with Gasteiger partial charge in [0, 0.05) is 17.4 Å². The zero-order valence-corrected chi connectivity index (χ0v) is 15.8. The lowest BCUT2D eigenvalue weighted by molar-refractivity contribution is 0.0601. The summed E-state index contributed by atoms with van der Waals surface area (Å²) in [4.78, 5) is 20.4. The molecule has 0 aliphatic carbocycles. The first-order valence-electron chi connectivity index (χ1n) is 8.60. The van der Waals surface area contributed by atoms with E-state index in [1.807, 2.05) is 25.1 Å². The number of ether oxygens (including phenoxy) is 1. The monoisotopic (exact) mass is 362 g/mol. The van der Waals surface area contributed by atoms with E-state index in [2.05, 4.69) is 52.6 Å². The van der Waals surface area contributed by atoms with Gasteiger partial charge in [-0.3, -0.25) is 0 Å². The summed E-state index contributed by atoms with van der Waals surface area (Å²) in [6, 6.07) is 15.1. The van der Waals surface area contributed by atoms with Gasteiger partial charge in [-0.05, 0) is 62.2 Å². The number of aromatic nitrogens is 2. The molecule has 0 saturated carbocycles. The summed E-state index contributed by atoms with van der Waals surface area (Å²) < 4.78 is 4.71. The molecule has 0 unspecified atom stereocenters. The van der Waals surface area contributed by atoms with Crippen molar-refractivity contribution in [3.8, 4) is 0 Å². The Morgan fingerprint density at radius 2 is 1.56 bits per heavy atom. The number of carbonyl (C=O) groups is 1. The van der Waals surface area contributed by atoms with Crippen molar-refractivity contribution in [3.63, 3.8) is 0 Å². The molecule has 0 saturated heterocycles. The minimum atomic E-state index is -0.362. The van der Waals surface area contributed by atoms with Crippen LogP contribution in [-0.2, 0) is 4.74 Å². The van der Waals surface area contributed by atoms with Crippen LogP contribution in [0.2, 0.25) is 0 Å². The van der Waals surface area contributed by atoms with Gasteiger partial charge in [0.2, 0.25) is 0 Å². The topological polar surface area (TPSA) is 76.1 Å². The van der Waals surface area contributed by atoms with Gasteiger partial charge in [0.25, 0.3) is 0 Å². The molecule has 1 heterocycles. The molecule has 0 bridgehead atoms. The van der Waals surface area contributed by atoms with E-state index in [1.54, 1.807) is 12.1 Å². The molecule has 0 aliphatic heterocycles. The maximum atomic E-state index is 11.5. The maximum Gasteiger partial charge on any atom is 0.337 e. The third-order valence-electron chi connectivity index (χ3n) is 4.07. The summed E-state index contributed by atoms with van der Waals surface area (Å²) in [5.41, 5.74) is 4.65. The normalized spacial score (nSPS) is 10.4. The van der Waals surface area contributed by atoms with Gasteiger partial charge < -0.3 is 15.4 Å². The van der Waals surface area contributed by atoms with Crippen LogP contribution in [0.4, 0.5) is 23.0 Å². The molecule has 0 radical (unpaired) electrons. The number of carbonyl (C=O) groups excluding carboxylic acids is 1. The largest absolute Gasteiger partial charge is 0.465 e. The maximum absolute atomic E-state index is 11.5. The van der Waals surface area contributed by atoms with Crippen molar-refractivity contribution in [3.05, 3.63) is 71.0 Å². The predicted octanol–water partition coefficient (Wildman–Crippen LogP) is 4.68. The fourth-order valence-electron chi connectivity index (χ4n) is 2.66. The summed E-state index contributed by atoms with van der Waals surface area (Å²) in [7, 11) is 1.36. The van der Waals surface area contributed by atoms with E-state index >= 15 is 0 Å². The Labute approximate surface area is 158 Å². The number of nitrogens with one attached hydrogen (secondary N) is 2. The average Bonchev–Trinajstić information content (AvgIpc) is 2.64. The minimum Gasteiger partial charge on any atom is -0.465 e. The number of aryl methyl sites for hydroxylation is 3. The lowest BCUT2D eigenvalue weighted by atomic mass is 10.1. The predicted molar refractivity (Wildman–Crippen MR) is 107 cm³/mol. The van der Waals surface area contributed by atoms with Crippen LogP contribution in [-0.4, -0.2) is 23.0 Å². The zero-order valence-electron chi connectivity index (χ0n) is 15.8. The van der Waals surface area contributed by atoms with E-state index in [4.69, 9.17) is 4.74 Å². The molecule has 6 nitrogen and oxygen atoms in total. The van der Waals surface area contributed by atoms with Gasteiger partial charge in [0.15, 0.2) is 0 Å². The van der Waals surface area contributed by atoms with Gasteiger partial charge in [-0.2, -0.15) is 0 Å². The third-order valence-corrected chi connectivity index (χ3v) is 4.07. The SMILES string of the molecule is COC(=O)c1ccc(Nc2cc(Nc3cc(C)ccc3C)nc(C)n2)cc1. The van der Waals surface area contributed by atoms with Gasteiger partial charge in [-0.15, -0.1) is 0 Å². The Bertz CT molecular complexity index is 968. The van der Waals surface area contributed by atoms with Crippen LogP contribution in [0.25, 0.3) is 0 Å². The van der Waals surface area contributed by atoms with Crippen molar-refractivity contribution in [2.45, 2.75) is 20.8 Å². The highest BCUT2D eigenvalue weighted by molar-refractivity contribution is 5.89. The van der Waals surface area contributed by atoms with Crippen LogP contribution in [0.1, 0.15) is 27.3 Å². The number of hydrogen-bond acceptors (Lipinski definition) is 6. The van der Waals surface area contributed by atoms with Gasteiger partial charge in [0.1, 0.15) is 17.5 Å². The summed E-state index contributed by atoms with van der Waals surface area (Å²) in [5.74, 6) is 1.67. The highest BCUT2D eigenvalue weighted by Gasteiger charge is 2.07. The second kappa shape index (κ2) is 7.86. The molecule has 1 aromatic heterocycles. The summed E-state index contributed by atoms with van der Waals surface area (Å²) in [5, 5.41) is 6.60. The molecule has 0 aliphatic rings. The summed E-state index contributed by atoms with van der Waals surface area (Å²) in [6.07, 6.45) is 0. The first-order valence-corrected chi connectivity index (χ1v) is 8.60. The van der Waals surface area contributed by atoms with Crippen molar-refractivity contribution in [1.82, 2.24) is 9.97 Å². The lowest BCUT2D eigenvalue weighted by Gasteiger charge is -2.12. The smallest absolute Gasteiger partial charge is 0.337 e. The molecule has 2 N–H and O–H groups in total. The first kappa shape index (κ1) is 18.4. The number of anilines is 4. The van der Waals surface area contributed by atoms with Gasteiger partial charge in [-0.1, -0.05) is 12.1 Å². The van der Waals surface area contributed by atoms with Crippen molar-refractivity contribution >= 4 is 29.0 Å². The van der Waals surface area contributed by atoms with E-state index < -0.39 is 0 Å². The Hall–Kier alpha value is -3.41. The van der Waals surface area contributed by atoms with Crippen LogP contribution in [0.15, 0.2) is 48.5 Å². The van der Waals surface area contributed by atoms with Crippen molar-refractivity contribution in [2.75, 3.05) is 17.7 Å². The molecule has 27 heavy (non-hydrogen) atoms. The number of nitrogens with zero attached hydrogens (tertiary/aromatic N) is 2. The Balaban J connectivity index is 1.81. The number of esters is 1. The number of hydrogen-bond donors (Lipinski definition) is 2.